The number of benzene rings is 1. The molecule has 0 bridgehead atoms. The molecular formula is C14H22N2O2S2. The van der Waals surface area contributed by atoms with Crippen LogP contribution in [0.25, 0.3) is 0 Å². The highest BCUT2D eigenvalue weighted by Crippen LogP contribution is 2.23. The molecule has 0 saturated carbocycles. The normalized spacial score (nSPS) is 20.9. The summed E-state index contributed by atoms with van der Waals surface area (Å²) in [5.41, 5.74) is 6.42. The van der Waals surface area contributed by atoms with E-state index in [1.54, 1.807) is 16.1 Å². The van der Waals surface area contributed by atoms with Crippen LogP contribution in [0.3, 0.4) is 0 Å². The third-order valence-corrected chi connectivity index (χ3v) is 6.80. The zero-order valence-corrected chi connectivity index (χ0v) is 13.4. The topological polar surface area (TPSA) is 63.4 Å². The van der Waals surface area contributed by atoms with Gasteiger partial charge in [-0.1, -0.05) is 12.5 Å². The van der Waals surface area contributed by atoms with E-state index < -0.39 is 10.0 Å². The predicted octanol–water partition coefficient (Wildman–Crippen LogP) is 2.57. The fourth-order valence-electron chi connectivity index (χ4n) is 2.47. The van der Waals surface area contributed by atoms with Crippen LogP contribution in [0.15, 0.2) is 29.2 Å². The number of hydrogen-bond acceptors (Lipinski definition) is 4. The van der Waals surface area contributed by atoms with Gasteiger partial charge in [0.1, 0.15) is 0 Å². The van der Waals surface area contributed by atoms with Crippen LogP contribution < -0.4 is 5.73 Å². The number of nitrogens with zero attached hydrogens (tertiary/aromatic N) is 1. The Morgan fingerprint density at radius 1 is 1.40 bits per heavy atom. The largest absolute Gasteiger partial charge is 0.399 e. The molecule has 1 aromatic rings. The number of hydrogen-bond donors (Lipinski definition) is 1. The summed E-state index contributed by atoms with van der Waals surface area (Å²) < 4.78 is 26.4. The van der Waals surface area contributed by atoms with Crippen molar-refractivity contribution < 1.29 is 8.42 Å². The molecule has 1 fully saturated rings. The highest BCUT2D eigenvalue weighted by atomic mass is 32.2. The third-order valence-electron chi connectivity index (χ3n) is 3.57. The second kappa shape index (κ2) is 6.83. The Morgan fingerprint density at radius 3 is 2.90 bits per heavy atom. The van der Waals surface area contributed by atoms with E-state index in [0.717, 1.165) is 24.2 Å². The second-order valence-electron chi connectivity index (χ2n) is 5.19. The van der Waals surface area contributed by atoms with E-state index in [0.29, 0.717) is 18.0 Å². The maximum absolute atomic E-state index is 12.3. The van der Waals surface area contributed by atoms with Gasteiger partial charge in [-0.15, -0.1) is 11.8 Å². The summed E-state index contributed by atoms with van der Waals surface area (Å²) in [6.45, 7) is 2.67. The molecule has 1 aliphatic heterocycles. The zero-order chi connectivity index (χ0) is 14.6. The van der Waals surface area contributed by atoms with E-state index in [1.807, 2.05) is 31.2 Å². The second-order valence-corrected chi connectivity index (χ2v) is 8.40. The average Bonchev–Trinajstić information content (AvgIpc) is 2.39. The number of sulfonamides is 1. The molecule has 112 valence electrons. The Morgan fingerprint density at radius 2 is 2.20 bits per heavy atom. The van der Waals surface area contributed by atoms with Crippen molar-refractivity contribution in [2.75, 3.05) is 23.8 Å². The predicted molar refractivity (Wildman–Crippen MR) is 85.4 cm³/mol. The van der Waals surface area contributed by atoms with Crippen LogP contribution in [0.2, 0.25) is 0 Å². The fourth-order valence-corrected chi connectivity index (χ4v) is 5.57. The molecule has 1 heterocycles. The summed E-state index contributed by atoms with van der Waals surface area (Å²) in [6, 6.07) is 7.69. The first-order valence-electron chi connectivity index (χ1n) is 6.97. The van der Waals surface area contributed by atoms with Crippen LogP contribution in [-0.2, 0) is 10.0 Å². The molecule has 6 heteroatoms. The number of piperidine rings is 1. The lowest BCUT2D eigenvalue weighted by Gasteiger charge is -2.32. The lowest BCUT2D eigenvalue weighted by atomic mass is 10.1. The molecule has 0 aliphatic carbocycles. The van der Waals surface area contributed by atoms with Crippen molar-refractivity contribution in [1.82, 2.24) is 4.31 Å². The number of anilines is 1. The highest BCUT2D eigenvalue weighted by molar-refractivity contribution is 8.00. The van der Waals surface area contributed by atoms with Gasteiger partial charge < -0.3 is 5.73 Å². The quantitative estimate of drug-likeness (QED) is 0.670. The summed E-state index contributed by atoms with van der Waals surface area (Å²) in [5, 5.41) is 0. The molecule has 20 heavy (non-hydrogen) atoms. The molecule has 0 spiro atoms. The molecular weight excluding hydrogens is 292 g/mol. The minimum Gasteiger partial charge on any atom is -0.399 e. The number of nitrogens with two attached hydrogens (primary N) is 1. The van der Waals surface area contributed by atoms with Crippen LogP contribution >= 0.6 is 11.8 Å². The van der Waals surface area contributed by atoms with Gasteiger partial charge in [-0.25, -0.2) is 8.42 Å². The number of thioether (sulfide) groups is 1. The molecule has 1 unspecified atom stereocenters. The van der Waals surface area contributed by atoms with E-state index >= 15 is 0 Å². The molecule has 1 aromatic carbocycles. The lowest BCUT2D eigenvalue weighted by Crippen LogP contribution is -2.43. The van der Waals surface area contributed by atoms with Gasteiger partial charge in [0, 0.05) is 28.9 Å². The molecule has 1 saturated heterocycles. The van der Waals surface area contributed by atoms with Crippen LogP contribution in [0.5, 0.6) is 0 Å². The van der Waals surface area contributed by atoms with Gasteiger partial charge in [0.2, 0.25) is 10.0 Å². The van der Waals surface area contributed by atoms with Gasteiger partial charge in [-0.05, 0) is 38.0 Å². The van der Waals surface area contributed by atoms with E-state index in [-0.39, 0.29) is 11.8 Å². The Bertz CT molecular complexity index is 546. The summed E-state index contributed by atoms with van der Waals surface area (Å²) in [6.07, 6.45) is 3.08. The minimum absolute atomic E-state index is 0.145. The minimum atomic E-state index is -3.13. The first-order valence-corrected chi connectivity index (χ1v) is 9.56. The van der Waals surface area contributed by atoms with E-state index in [9.17, 15) is 8.42 Å². The van der Waals surface area contributed by atoms with Crippen LogP contribution in [0.1, 0.15) is 26.2 Å². The SMILES string of the molecule is CC1CCCCN1S(=O)(=O)CCSc1cccc(N)c1. The Labute approximate surface area is 125 Å². The van der Waals surface area contributed by atoms with Gasteiger partial charge in [0.05, 0.1) is 5.75 Å². The monoisotopic (exact) mass is 314 g/mol. The highest BCUT2D eigenvalue weighted by Gasteiger charge is 2.28. The molecule has 2 rings (SSSR count). The fraction of sp³-hybridized carbons (Fsp3) is 0.571. The zero-order valence-electron chi connectivity index (χ0n) is 11.8. The van der Waals surface area contributed by atoms with Crippen LogP contribution in [-0.4, -0.2) is 36.8 Å². The van der Waals surface area contributed by atoms with E-state index in [1.165, 1.54) is 0 Å². The standard InChI is InChI=1S/C14H22N2O2S2/c1-12-5-2-3-8-16(12)20(17,18)10-9-19-14-7-4-6-13(15)11-14/h4,6-7,11-12H,2-3,5,8-10,15H2,1H3. The van der Waals surface area contributed by atoms with Crippen molar-refractivity contribution in [3.05, 3.63) is 24.3 Å². The maximum Gasteiger partial charge on any atom is 0.215 e. The first kappa shape index (κ1) is 15.7. The Balaban J connectivity index is 1.89. The molecule has 0 radical (unpaired) electrons. The van der Waals surface area contributed by atoms with Gasteiger partial charge in [-0.3, -0.25) is 0 Å². The van der Waals surface area contributed by atoms with Gasteiger partial charge in [0.15, 0.2) is 0 Å². The van der Waals surface area contributed by atoms with Crippen molar-refractivity contribution in [1.29, 1.82) is 0 Å². The summed E-state index contributed by atoms with van der Waals surface area (Å²) >= 11 is 1.54. The van der Waals surface area contributed by atoms with Crippen molar-refractivity contribution in [2.24, 2.45) is 0 Å². The maximum atomic E-state index is 12.3. The van der Waals surface area contributed by atoms with E-state index in [4.69, 9.17) is 5.73 Å². The molecule has 4 nitrogen and oxygen atoms in total. The molecule has 0 amide bonds. The molecule has 1 aliphatic rings. The summed E-state index contributed by atoms with van der Waals surface area (Å²) in [7, 11) is -3.13. The third kappa shape index (κ3) is 4.14. The van der Waals surface area contributed by atoms with Crippen molar-refractivity contribution in [3.63, 3.8) is 0 Å². The Hall–Kier alpha value is -0.720. The van der Waals surface area contributed by atoms with Crippen molar-refractivity contribution in [3.8, 4) is 0 Å². The van der Waals surface area contributed by atoms with Gasteiger partial charge in [0.25, 0.3) is 0 Å². The average molecular weight is 314 g/mol. The van der Waals surface area contributed by atoms with Crippen LogP contribution in [0, 0.1) is 0 Å². The number of rotatable bonds is 5. The summed E-state index contributed by atoms with van der Waals surface area (Å²) in [5.74, 6) is 0.756. The van der Waals surface area contributed by atoms with Crippen molar-refractivity contribution >= 4 is 27.5 Å². The van der Waals surface area contributed by atoms with Crippen molar-refractivity contribution in [2.45, 2.75) is 37.1 Å². The molecule has 2 N–H and O–H groups in total. The van der Waals surface area contributed by atoms with Gasteiger partial charge >= 0.3 is 0 Å². The molecule has 0 aromatic heterocycles. The lowest BCUT2D eigenvalue weighted by molar-refractivity contribution is 0.269. The number of nitrogen functional groups attached to an aromatic ring is 1. The first-order chi connectivity index (χ1) is 9.49. The smallest absolute Gasteiger partial charge is 0.215 e. The summed E-state index contributed by atoms with van der Waals surface area (Å²) in [4.78, 5) is 1.02. The van der Waals surface area contributed by atoms with Gasteiger partial charge in [-0.2, -0.15) is 4.31 Å². The van der Waals surface area contributed by atoms with E-state index in [2.05, 4.69) is 0 Å². The van der Waals surface area contributed by atoms with Crippen LogP contribution in [0.4, 0.5) is 5.69 Å². The molecule has 1 atom stereocenters. The Kier molecular flexibility index (Phi) is 5.35.